The van der Waals surface area contributed by atoms with Crippen LogP contribution in [0.5, 0.6) is 5.75 Å². The zero-order chi connectivity index (χ0) is 12.1. The van der Waals surface area contributed by atoms with Crippen LogP contribution in [0.2, 0.25) is 0 Å². The molecule has 0 amide bonds. The number of nitrogens with one attached hydrogen (secondary N) is 1. The highest BCUT2D eigenvalue weighted by Crippen LogP contribution is 2.20. The van der Waals surface area contributed by atoms with Crippen molar-refractivity contribution in [3.05, 3.63) is 54.0 Å². The van der Waals surface area contributed by atoms with Crippen molar-refractivity contribution in [1.29, 1.82) is 0 Å². The zero-order valence-electron chi connectivity index (χ0n) is 9.89. The molecule has 0 spiro atoms. The summed E-state index contributed by atoms with van der Waals surface area (Å²) in [5.74, 6) is 1.24. The molecule has 0 radical (unpaired) electrons. The van der Waals surface area contributed by atoms with E-state index in [1.54, 1.807) is 18.4 Å². The van der Waals surface area contributed by atoms with Crippen molar-refractivity contribution < 1.29 is 9.52 Å². The molecule has 0 saturated heterocycles. The van der Waals surface area contributed by atoms with E-state index in [1.165, 1.54) is 5.56 Å². The fourth-order valence-corrected chi connectivity index (χ4v) is 1.88. The van der Waals surface area contributed by atoms with Crippen LogP contribution in [-0.2, 0) is 6.42 Å². The molecule has 0 aliphatic heterocycles. The second-order valence-electron chi connectivity index (χ2n) is 4.00. The molecule has 1 unspecified atom stereocenters. The lowest BCUT2D eigenvalue weighted by atomic mass is 10.0. The van der Waals surface area contributed by atoms with Crippen molar-refractivity contribution >= 4 is 0 Å². The van der Waals surface area contributed by atoms with Crippen molar-refractivity contribution in [3.8, 4) is 5.75 Å². The van der Waals surface area contributed by atoms with Gasteiger partial charge in [0.05, 0.1) is 12.3 Å². The van der Waals surface area contributed by atoms with Gasteiger partial charge in [-0.25, -0.2) is 0 Å². The summed E-state index contributed by atoms with van der Waals surface area (Å²) in [5.41, 5.74) is 1.17. The van der Waals surface area contributed by atoms with Crippen molar-refractivity contribution in [3.63, 3.8) is 0 Å². The maximum absolute atomic E-state index is 9.24. The topological polar surface area (TPSA) is 45.4 Å². The van der Waals surface area contributed by atoms with Crippen molar-refractivity contribution in [2.24, 2.45) is 0 Å². The zero-order valence-corrected chi connectivity index (χ0v) is 9.89. The molecule has 1 atom stereocenters. The van der Waals surface area contributed by atoms with Crippen molar-refractivity contribution in [2.75, 3.05) is 6.54 Å². The van der Waals surface area contributed by atoms with E-state index in [-0.39, 0.29) is 6.04 Å². The molecule has 90 valence electrons. The van der Waals surface area contributed by atoms with Gasteiger partial charge in [0.15, 0.2) is 0 Å². The maximum Gasteiger partial charge on any atom is 0.121 e. The van der Waals surface area contributed by atoms with Gasteiger partial charge in [-0.3, -0.25) is 0 Å². The maximum atomic E-state index is 9.24. The molecule has 3 nitrogen and oxygen atoms in total. The van der Waals surface area contributed by atoms with Gasteiger partial charge in [0, 0.05) is 0 Å². The standard InChI is InChI=1S/C14H17NO2/c1-2-15-13(14-4-3-9-17-14)10-11-5-7-12(16)8-6-11/h3-9,13,15-16H,2,10H2,1H3. The third kappa shape index (κ3) is 3.11. The summed E-state index contributed by atoms with van der Waals surface area (Å²) >= 11 is 0. The van der Waals surface area contributed by atoms with Crippen LogP contribution in [0, 0.1) is 0 Å². The van der Waals surface area contributed by atoms with Gasteiger partial charge in [-0.05, 0) is 42.8 Å². The minimum atomic E-state index is 0.180. The second kappa shape index (κ2) is 5.55. The number of hydrogen-bond donors (Lipinski definition) is 2. The summed E-state index contributed by atoms with van der Waals surface area (Å²) in [6.07, 6.45) is 2.54. The Bertz CT molecular complexity index is 434. The highest BCUT2D eigenvalue weighted by atomic mass is 16.3. The molecule has 1 aromatic carbocycles. The monoisotopic (exact) mass is 231 g/mol. The Morgan fingerprint density at radius 2 is 2.00 bits per heavy atom. The SMILES string of the molecule is CCNC(Cc1ccc(O)cc1)c1ccco1. The fraction of sp³-hybridized carbons (Fsp3) is 0.286. The van der Waals surface area contributed by atoms with Gasteiger partial charge in [0.25, 0.3) is 0 Å². The van der Waals surface area contributed by atoms with Gasteiger partial charge in [-0.2, -0.15) is 0 Å². The molecule has 2 rings (SSSR count). The highest BCUT2D eigenvalue weighted by Gasteiger charge is 2.13. The first-order chi connectivity index (χ1) is 8.29. The molecule has 0 aliphatic rings. The molecule has 0 fully saturated rings. The number of furan rings is 1. The van der Waals surface area contributed by atoms with E-state index in [4.69, 9.17) is 4.42 Å². The Hall–Kier alpha value is -1.74. The average molecular weight is 231 g/mol. The van der Waals surface area contributed by atoms with E-state index >= 15 is 0 Å². The highest BCUT2D eigenvalue weighted by molar-refractivity contribution is 5.27. The molecule has 3 heteroatoms. The van der Waals surface area contributed by atoms with Gasteiger partial charge < -0.3 is 14.8 Å². The van der Waals surface area contributed by atoms with Crippen LogP contribution in [0.3, 0.4) is 0 Å². The molecule has 0 bridgehead atoms. The smallest absolute Gasteiger partial charge is 0.121 e. The first-order valence-corrected chi connectivity index (χ1v) is 5.84. The van der Waals surface area contributed by atoms with Gasteiger partial charge in [-0.15, -0.1) is 0 Å². The third-order valence-electron chi connectivity index (χ3n) is 2.71. The summed E-state index contributed by atoms with van der Waals surface area (Å²) in [5, 5.41) is 12.6. The summed E-state index contributed by atoms with van der Waals surface area (Å²) in [6.45, 7) is 2.97. The predicted octanol–water partition coefficient (Wildman–Crippen LogP) is 2.88. The molecule has 1 heterocycles. The number of aromatic hydroxyl groups is 1. The van der Waals surface area contributed by atoms with Crippen LogP contribution in [0.4, 0.5) is 0 Å². The Balaban J connectivity index is 2.10. The summed E-state index contributed by atoms with van der Waals surface area (Å²) in [6, 6.07) is 11.3. The molecule has 1 aromatic heterocycles. The third-order valence-corrected chi connectivity index (χ3v) is 2.71. The summed E-state index contributed by atoms with van der Waals surface area (Å²) in [7, 11) is 0. The Kier molecular flexibility index (Phi) is 3.83. The van der Waals surface area contributed by atoms with E-state index in [9.17, 15) is 5.11 Å². The first-order valence-electron chi connectivity index (χ1n) is 5.84. The second-order valence-corrected chi connectivity index (χ2v) is 4.00. The molecule has 17 heavy (non-hydrogen) atoms. The molecule has 2 N–H and O–H groups in total. The Morgan fingerprint density at radius 3 is 2.59 bits per heavy atom. The number of benzene rings is 1. The number of likely N-dealkylation sites (N-methyl/N-ethyl adjacent to an activating group) is 1. The molecule has 0 saturated carbocycles. The number of rotatable bonds is 5. The predicted molar refractivity (Wildman–Crippen MR) is 66.9 cm³/mol. The van der Waals surface area contributed by atoms with E-state index in [0.717, 1.165) is 18.7 Å². The van der Waals surface area contributed by atoms with Gasteiger partial charge in [0.2, 0.25) is 0 Å². The summed E-state index contributed by atoms with van der Waals surface area (Å²) in [4.78, 5) is 0. The number of hydrogen-bond acceptors (Lipinski definition) is 3. The van der Waals surface area contributed by atoms with Gasteiger partial charge in [0.1, 0.15) is 11.5 Å². The number of phenolic OH excluding ortho intramolecular Hbond substituents is 1. The lowest BCUT2D eigenvalue weighted by Gasteiger charge is -2.15. The van der Waals surface area contributed by atoms with Crippen molar-refractivity contribution in [2.45, 2.75) is 19.4 Å². The van der Waals surface area contributed by atoms with Crippen LogP contribution < -0.4 is 5.32 Å². The molecular weight excluding hydrogens is 214 g/mol. The molecule has 2 aromatic rings. The van der Waals surface area contributed by atoms with Gasteiger partial charge in [-0.1, -0.05) is 19.1 Å². The van der Waals surface area contributed by atoms with E-state index in [1.807, 2.05) is 24.3 Å². The normalized spacial score (nSPS) is 12.5. The van der Waals surface area contributed by atoms with E-state index in [0.29, 0.717) is 5.75 Å². The molecule has 0 aliphatic carbocycles. The van der Waals surface area contributed by atoms with Crippen molar-refractivity contribution in [1.82, 2.24) is 5.32 Å². The van der Waals surface area contributed by atoms with Crippen LogP contribution >= 0.6 is 0 Å². The van der Waals surface area contributed by atoms with Crippen LogP contribution in [0.15, 0.2) is 47.1 Å². The van der Waals surface area contributed by atoms with Crippen LogP contribution in [-0.4, -0.2) is 11.7 Å². The quantitative estimate of drug-likeness (QED) is 0.831. The average Bonchev–Trinajstić information content (AvgIpc) is 2.85. The lowest BCUT2D eigenvalue weighted by molar-refractivity contribution is 0.416. The fourth-order valence-electron chi connectivity index (χ4n) is 1.88. The summed E-state index contributed by atoms with van der Waals surface area (Å²) < 4.78 is 5.43. The first kappa shape index (κ1) is 11.7. The minimum absolute atomic E-state index is 0.180. The van der Waals surface area contributed by atoms with Gasteiger partial charge >= 0.3 is 0 Å². The Morgan fingerprint density at radius 1 is 1.24 bits per heavy atom. The minimum Gasteiger partial charge on any atom is -0.508 e. The Labute approximate surface area is 101 Å². The molecular formula is C14H17NO2. The van der Waals surface area contributed by atoms with Crippen LogP contribution in [0.1, 0.15) is 24.3 Å². The van der Waals surface area contributed by atoms with E-state index < -0.39 is 0 Å². The van der Waals surface area contributed by atoms with E-state index in [2.05, 4.69) is 12.2 Å². The number of phenols is 1. The lowest BCUT2D eigenvalue weighted by Crippen LogP contribution is -2.22. The van der Waals surface area contributed by atoms with Crippen LogP contribution in [0.25, 0.3) is 0 Å². The largest absolute Gasteiger partial charge is 0.508 e.